The number of benzene rings is 6. The first-order valence-electron chi connectivity index (χ1n) is 34.0. The molecule has 5 aliphatic rings. The lowest BCUT2D eigenvalue weighted by Gasteiger charge is -2.38. The molecule has 21 heteroatoms. The van der Waals surface area contributed by atoms with Gasteiger partial charge in [-0.2, -0.15) is 4.98 Å². The minimum Gasteiger partial charge on any atom is -0.493 e. The van der Waals surface area contributed by atoms with E-state index in [-0.39, 0.29) is 25.4 Å². The molecule has 8 aromatic rings. The standard InChI is InChI=1S/C40H51N7O4.C34H39N5O4S/c1-2-3-24-50-33-27-32-12-7-8-13-34(32)37(28-33)47-17-14-35-36(29-47)42-39(41-15-9-16-44-22-25-49-26-23-44)43-38(35)45-18-20-46(21-19-45)40(48)51-30-31-10-5-4-6-11-31;1-3-4-20-42-27-21-26-12-8-9-13-28(26)31(22-27)39-15-14-29-30(23-39)35-33(44(2)41)36-32(29)37-16-18-38(19-17-37)34(40)43-24-25-10-6-5-7-11-25/h4-8,10-13,27-28H,2-3,9,14-26,29-30H2,1H3,(H,41,42,43);5-13,21-22H,3-4,14-20,23-24H2,1-2H3. The highest BCUT2D eigenvalue weighted by Gasteiger charge is 2.33. The van der Waals surface area contributed by atoms with E-state index < -0.39 is 10.8 Å². The van der Waals surface area contributed by atoms with Gasteiger partial charge in [-0.1, -0.05) is 136 Å². The fourth-order valence-electron chi connectivity index (χ4n) is 13.0. The van der Waals surface area contributed by atoms with E-state index in [1.165, 1.54) is 27.4 Å². The molecular formula is C74H90N12O8S. The van der Waals surface area contributed by atoms with Gasteiger partial charge in [-0.05, 0) is 72.7 Å². The molecule has 6 aromatic carbocycles. The minimum atomic E-state index is -1.34. The van der Waals surface area contributed by atoms with Gasteiger partial charge in [-0.3, -0.25) is 9.11 Å². The number of nitrogens with one attached hydrogen (secondary N) is 1. The Morgan fingerprint density at radius 1 is 0.526 bits per heavy atom. The van der Waals surface area contributed by atoms with Crippen molar-refractivity contribution >= 4 is 73.5 Å². The van der Waals surface area contributed by atoms with Crippen molar-refractivity contribution in [3.63, 3.8) is 0 Å². The van der Waals surface area contributed by atoms with Crippen LogP contribution in [0.25, 0.3) is 21.5 Å². The number of rotatable bonds is 22. The SMILES string of the molecule is CCCCOc1cc(N2CCc3c(nc(NCCCN4CCOCC4)nc3N3CCN(C(=O)OCc4ccccc4)CC3)C2)c2ccccc2c1.CCCCOc1cc(N2CCc3c(nc(S(C)=O)nc3N3CCN(C(=O)OCc4ccccc4)CC3)C2)c2ccccc2c1. The summed E-state index contributed by atoms with van der Waals surface area (Å²) in [6.45, 7) is 19.4. The second-order valence-electron chi connectivity index (χ2n) is 24.8. The Kier molecular flexibility index (Phi) is 22.7. The van der Waals surface area contributed by atoms with Crippen LogP contribution in [0.15, 0.2) is 139 Å². The van der Waals surface area contributed by atoms with Gasteiger partial charge in [0.15, 0.2) is 0 Å². The summed E-state index contributed by atoms with van der Waals surface area (Å²) < 4.78 is 41.7. The number of nitrogens with zero attached hydrogens (tertiary/aromatic N) is 11. The molecule has 500 valence electrons. The van der Waals surface area contributed by atoms with E-state index >= 15 is 0 Å². The monoisotopic (exact) mass is 1310 g/mol. The van der Waals surface area contributed by atoms with Crippen molar-refractivity contribution in [2.75, 3.05) is 149 Å². The number of fused-ring (bicyclic) bond motifs is 4. The molecule has 1 N–H and O–H groups in total. The van der Waals surface area contributed by atoms with E-state index in [0.717, 1.165) is 160 Å². The summed E-state index contributed by atoms with van der Waals surface area (Å²) in [6.07, 6.45) is 7.87. The van der Waals surface area contributed by atoms with Crippen LogP contribution in [0, 0.1) is 0 Å². The van der Waals surface area contributed by atoms with Gasteiger partial charge in [-0.15, -0.1) is 0 Å². The molecule has 2 amide bonds. The largest absolute Gasteiger partial charge is 0.493 e. The third kappa shape index (κ3) is 17.0. The van der Waals surface area contributed by atoms with Gasteiger partial charge in [0.2, 0.25) is 11.1 Å². The maximum atomic E-state index is 12.9. The van der Waals surface area contributed by atoms with E-state index in [1.54, 1.807) is 16.1 Å². The second-order valence-corrected chi connectivity index (χ2v) is 26.1. The Hall–Kier alpha value is -8.79. The van der Waals surface area contributed by atoms with Crippen LogP contribution in [0.5, 0.6) is 11.5 Å². The molecule has 1 unspecified atom stereocenters. The number of hydrogen-bond acceptors (Lipinski definition) is 18. The zero-order chi connectivity index (χ0) is 65.3. The normalized spacial score (nSPS) is 16.2. The number of anilines is 5. The van der Waals surface area contributed by atoms with Gasteiger partial charge in [-0.25, -0.2) is 24.5 Å². The van der Waals surface area contributed by atoms with Crippen LogP contribution in [0.3, 0.4) is 0 Å². The molecule has 0 bridgehead atoms. The number of amides is 2. The summed E-state index contributed by atoms with van der Waals surface area (Å²) in [6, 6.07) is 45.1. The van der Waals surface area contributed by atoms with Crippen LogP contribution in [-0.2, 0) is 64.2 Å². The molecule has 95 heavy (non-hydrogen) atoms. The third-order valence-electron chi connectivity index (χ3n) is 18.3. The van der Waals surface area contributed by atoms with Crippen LogP contribution in [0.1, 0.15) is 79.6 Å². The fraction of sp³-hybridized carbons (Fsp3) is 0.432. The van der Waals surface area contributed by atoms with E-state index in [1.807, 2.05) is 60.7 Å². The molecule has 7 heterocycles. The molecule has 0 radical (unpaired) electrons. The predicted molar refractivity (Wildman–Crippen MR) is 376 cm³/mol. The molecule has 3 saturated heterocycles. The first kappa shape index (κ1) is 66.2. The predicted octanol–water partition coefficient (Wildman–Crippen LogP) is 11.5. The number of aromatic nitrogens is 4. The van der Waals surface area contributed by atoms with Crippen molar-refractivity contribution < 1.29 is 37.5 Å². The quantitative estimate of drug-likeness (QED) is 0.0499. The molecule has 3 fully saturated rings. The van der Waals surface area contributed by atoms with Crippen molar-refractivity contribution in [3.8, 4) is 11.5 Å². The van der Waals surface area contributed by atoms with Gasteiger partial charge in [0.1, 0.15) is 36.3 Å². The van der Waals surface area contributed by atoms with Crippen molar-refractivity contribution in [2.45, 2.75) is 90.3 Å². The number of piperazine rings is 2. The zero-order valence-electron chi connectivity index (χ0n) is 55.3. The first-order chi connectivity index (χ1) is 46.6. The number of unbranched alkanes of at least 4 members (excludes halogenated alkanes) is 2. The molecular weight excluding hydrogens is 1220 g/mol. The Labute approximate surface area is 560 Å². The lowest BCUT2D eigenvalue weighted by Crippen LogP contribution is -2.49. The van der Waals surface area contributed by atoms with Gasteiger partial charge in [0.25, 0.3) is 0 Å². The third-order valence-corrected chi connectivity index (χ3v) is 19.0. The average Bonchev–Trinajstić information content (AvgIpc) is 0.850. The molecule has 5 aliphatic heterocycles. The van der Waals surface area contributed by atoms with E-state index in [0.29, 0.717) is 89.8 Å². The molecule has 13 rings (SSSR count). The van der Waals surface area contributed by atoms with Gasteiger partial charge < -0.3 is 58.4 Å². The van der Waals surface area contributed by atoms with Crippen molar-refractivity contribution in [2.24, 2.45) is 0 Å². The molecule has 2 aromatic heterocycles. The lowest BCUT2D eigenvalue weighted by atomic mass is 10.0. The molecule has 20 nitrogen and oxygen atoms in total. The van der Waals surface area contributed by atoms with Crippen LogP contribution < -0.4 is 34.4 Å². The maximum Gasteiger partial charge on any atom is 0.410 e. The summed E-state index contributed by atoms with van der Waals surface area (Å²) in [4.78, 5) is 60.9. The number of carbonyl (C=O) groups is 2. The smallest absolute Gasteiger partial charge is 0.410 e. The van der Waals surface area contributed by atoms with E-state index in [4.69, 9.17) is 43.6 Å². The molecule has 1 atom stereocenters. The lowest BCUT2D eigenvalue weighted by molar-refractivity contribution is 0.0378. The van der Waals surface area contributed by atoms with Crippen molar-refractivity contribution in [3.05, 3.63) is 167 Å². The molecule has 0 spiro atoms. The zero-order valence-corrected chi connectivity index (χ0v) is 56.1. The maximum absolute atomic E-state index is 12.9. The first-order valence-corrected chi connectivity index (χ1v) is 35.6. The Morgan fingerprint density at radius 2 is 1.00 bits per heavy atom. The number of ether oxygens (including phenoxy) is 5. The summed E-state index contributed by atoms with van der Waals surface area (Å²) >= 11 is 0. The topological polar surface area (TPSA) is 184 Å². The highest BCUT2D eigenvalue weighted by molar-refractivity contribution is 7.84. The number of hydrogen-bond donors (Lipinski definition) is 1. The average molecular weight is 1310 g/mol. The van der Waals surface area contributed by atoms with Crippen LogP contribution >= 0.6 is 0 Å². The minimum absolute atomic E-state index is 0.255. The Bertz CT molecular complexity index is 3890. The van der Waals surface area contributed by atoms with E-state index in [2.05, 4.69) is 116 Å². The van der Waals surface area contributed by atoms with Crippen LogP contribution in [0.4, 0.5) is 38.5 Å². The molecule has 0 aliphatic carbocycles. The number of carbonyl (C=O) groups excluding carboxylic acids is 2. The van der Waals surface area contributed by atoms with Crippen LogP contribution in [-0.4, -0.2) is 175 Å². The molecule has 0 saturated carbocycles. The fourth-order valence-corrected chi connectivity index (χ4v) is 13.4. The highest BCUT2D eigenvalue weighted by Crippen LogP contribution is 2.39. The van der Waals surface area contributed by atoms with Gasteiger partial charge in [0, 0.05) is 137 Å². The summed E-state index contributed by atoms with van der Waals surface area (Å²) in [7, 11) is -1.34. The second kappa shape index (κ2) is 32.6. The number of morpholine rings is 1. The van der Waals surface area contributed by atoms with Crippen molar-refractivity contribution in [1.82, 2.24) is 34.6 Å². The summed E-state index contributed by atoms with van der Waals surface area (Å²) in [5.41, 5.74) is 8.48. The Morgan fingerprint density at radius 3 is 1.49 bits per heavy atom. The van der Waals surface area contributed by atoms with Crippen LogP contribution in [0.2, 0.25) is 0 Å². The summed E-state index contributed by atoms with van der Waals surface area (Å²) in [5.74, 6) is 4.26. The van der Waals surface area contributed by atoms with Gasteiger partial charge >= 0.3 is 12.2 Å². The van der Waals surface area contributed by atoms with Crippen molar-refractivity contribution in [1.29, 1.82) is 0 Å². The Balaban J connectivity index is 0.000000184. The van der Waals surface area contributed by atoms with Gasteiger partial charge in [0.05, 0.1) is 61.7 Å². The summed E-state index contributed by atoms with van der Waals surface area (Å²) in [5, 5.41) is 8.61. The highest BCUT2D eigenvalue weighted by atomic mass is 32.2. The van der Waals surface area contributed by atoms with E-state index in [9.17, 15) is 13.8 Å².